The molecule has 0 N–H and O–H groups in total. The van der Waals surface area contributed by atoms with E-state index in [1.165, 1.54) is 16.4 Å². The molecule has 5 rings (SSSR count). The first-order valence-corrected chi connectivity index (χ1v) is 12.5. The number of benzene rings is 1. The Labute approximate surface area is 200 Å². The van der Waals surface area contributed by atoms with E-state index in [1.807, 2.05) is 13.0 Å². The summed E-state index contributed by atoms with van der Waals surface area (Å²) in [5, 5.41) is 4.48. The highest BCUT2D eigenvalue weighted by molar-refractivity contribution is 7.89. The van der Waals surface area contributed by atoms with Crippen molar-refractivity contribution in [2.75, 3.05) is 13.1 Å². The number of pyridine rings is 1. The van der Waals surface area contributed by atoms with Crippen LogP contribution in [0.5, 0.6) is 0 Å². The zero-order chi connectivity index (χ0) is 25.0. The smallest absolute Gasteiger partial charge is 0.250 e. The van der Waals surface area contributed by atoms with Gasteiger partial charge in [0, 0.05) is 24.7 Å². The molecule has 2 aliphatic rings. The van der Waals surface area contributed by atoms with Crippen LogP contribution in [0.4, 0.5) is 17.6 Å². The van der Waals surface area contributed by atoms with E-state index in [-0.39, 0.29) is 23.8 Å². The second-order valence-electron chi connectivity index (χ2n) is 8.89. The first-order valence-electron chi connectivity index (χ1n) is 11.1. The fourth-order valence-corrected chi connectivity index (χ4v) is 6.41. The zero-order valence-electron chi connectivity index (χ0n) is 18.8. The summed E-state index contributed by atoms with van der Waals surface area (Å²) < 4.78 is 81.6. The van der Waals surface area contributed by atoms with Gasteiger partial charge >= 0.3 is 6.18 Å². The molecular weight excluding hydrogens is 484 g/mol. The molecule has 3 aromatic rings. The summed E-state index contributed by atoms with van der Waals surface area (Å²) in [4.78, 5) is 3.06. The summed E-state index contributed by atoms with van der Waals surface area (Å²) in [5.74, 6) is -0.338. The van der Waals surface area contributed by atoms with E-state index in [1.54, 1.807) is 23.0 Å². The largest absolute Gasteiger partial charge is 0.433 e. The summed E-state index contributed by atoms with van der Waals surface area (Å²) in [6, 6.07) is 7.69. The monoisotopic (exact) mass is 506 g/mol. The second kappa shape index (κ2) is 8.27. The van der Waals surface area contributed by atoms with Gasteiger partial charge in [0.1, 0.15) is 16.4 Å². The number of alkyl halides is 3. The fraction of sp³-hybridized carbons (Fsp3) is 0.333. The van der Waals surface area contributed by atoms with E-state index in [9.17, 15) is 26.0 Å². The lowest BCUT2D eigenvalue weighted by atomic mass is 9.67. The molecule has 0 unspecified atom stereocenters. The fourth-order valence-electron chi connectivity index (χ4n) is 4.94. The number of piperidine rings is 1. The van der Waals surface area contributed by atoms with E-state index in [0.717, 1.165) is 34.8 Å². The maximum Gasteiger partial charge on any atom is 0.433 e. The van der Waals surface area contributed by atoms with Crippen LogP contribution in [0.1, 0.15) is 36.7 Å². The predicted molar refractivity (Wildman–Crippen MR) is 121 cm³/mol. The summed E-state index contributed by atoms with van der Waals surface area (Å²) in [7, 11) is -4.02. The third kappa shape index (κ3) is 4.06. The standard InChI is InChI=1S/C24H22F4N4O2S/c1-2-23-12-16-13-30-32(19-5-3-18(25)4-6-19)21(16)11-17(23)9-10-31(15-23)35(33,34)20-7-8-22(29-14-20)24(26,27)28/h3-8,11,13-14H,2,9-10,12,15H2,1H3/t23-/m1/s1. The third-order valence-electron chi connectivity index (χ3n) is 6.93. The van der Waals surface area contributed by atoms with Gasteiger partial charge in [-0.05, 0) is 67.3 Å². The number of halogens is 4. The molecule has 2 aromatic heterocycles. The van der Waals surface area contributed by atoms with Gasteiger partial charge in [-0.15, -0.1) is 0 Å². The lowest BCUT2D eigenvalue weighted by Gasteiger charge is -2.45. The van der Waals surface area contributed by atoms with Gasteiger partial charge in [-0.1, -0.05) is 12.5 Å². The molecule has 0 amide bonds. The Balaban J connectivity index is 1.45. The van der Waals surface area contributed by atoms with Crippen LogP contribution in [0.2, 0.25) is 0 Å². The van der Waals surface area contributed by atoms with Crippen LogP contribution in [-0.4, -0.2) is 40.6 Å². The van der Waals surface area contributed by atoms with Crippen molar-refractivity contribution in [2.24, 2.45) is 5.41 Å². The van der Waals surface area contributed by atoms with E-state index < -0.39 is 27.3 Å². The number of sulfonamides is 1. The Bertz CT molecular complexity index is 1400. The number of hydrogen-bond acceptors (Lipinski definition) is 4. The van der Waals surface area contributed by atoms with Gasteiger partial charge in [0.15, 0.2) is 0 Å². The Morgan fingerprint density at radius 3 is 2.46 bits per heavy atom. The molecule has 35 heavy (non-hydrogen) atoms. The molecule has 1 aliphatic carbocycles. The van der Waals surface area contributed by atoms with Gasteiger partial charge in [-0.2, -0.15) is 22.6 Å². The van der Waals surface area contributed by atoms with Gasteiger partial charge in [0.2, 0.25) is 10.0 Å². The molecule has 0 spiro atoms. The van der Waals surface area contributed by atoms with Crippen molar-refractivity contribution in [2.45, 2.75) is 37.3 Å². The number of hydrogen-bond donors (Lipinski definition) is 0. The van der Waals surface area contributed by atoms with Gasteiger partial charge in [0.05, 0.1) is 17.6 Å². The number of aromatic nitrogens is 3. The molecule has 0 bridgehead atoms. The molecule has 1 fully saturated rings. The Hall–Kier alpha value is -3.05. The van der Waals surface area contributed by atoms with Gasteiger partial charge in [-0.25, -0.2) is 17.5 Å². The van der Waals surface area contributed by atoms with Crippen molar-refractivity contribution in [1.29, 1.82) is 0 Å². The topological polar surface area (TPSA) is 68.1 Å². The lowest BCUT2D eigenvalue weighted by molar-refractivity contribution is -0.141. The predicted octanol–water partition coefficient (Wildman–Crippen LogP) is 4.86. The Morgan fingerprint density at radius 2 is 1.83 bits per heavy atom. The van der Waals surface area contributed by atoms with Crippen molar-refractivity contribution in [3.05, 3.63) is 77.1 Å². The third-order valence-corrected chi connectivity index (χ3v) is 8.76. The molecule has 184 valence electrons. The highest BCUT2D eigenvalue weighted by Gasteiger charge is 2.45. The highest BCUT2D eigenvalue weighted by atomic mass is 32.2. The van der Waals surface area contributed by atoms with Crippen molar-refractivity contribution < 1.29 is 26.0 Å². The van der Waals surface area contributed by atoms with E-state index in [0.29, 0.717) is 25.3 Å². The molecule has 6 nitrogen and oxygen atoms in total. The minimum absolute atomic E-state index is 0.205. The summed E-state index contributed by atoms with van der Waals surface area (Å²) in [6.45, 7) is 2.41. The molecule has 1 aliphatic heterocycles. The average molecular weight is 507 g/mol. The first kappa shape index (κ1) is 23.7. The van der Waals surface area contributed by atoms with Crippen molar-refractivity contribution in [3.8, 4) is 5.69 Å². The number of fused-ring (bicyclic) bond motifs is 2. The minimum atomic E-state index is -4.64. The minimum Gasteiger partial charge on any atom is -0.250 e. The first-order chi connectivity index (χ1) is 16.5. The van der Waals surface area contributed by atoms with E-state index in [2.05, 4.69) is 10.1 Å². The van der Waals surface area contributed by atoms with Crippen molar-refractivity contribution in [1.82, 2.24) is 19.1 Å². The van der Waals surface area contributed by atoms with Gasteiger partial charge in [-0.3, -0.25) is 4.98 Å². The molecule has 11 heteroatoms. The molecule has 1 saturated heterocycles. The van der Waals surface area contributed by atoms with Crippen LogP contribution in [0.15, 0.2) is 59.3 Å². The molecule has 1 atom stereocenters. The quantitative estimate of drug-likeness (QED) is 0.475. The molecule has 1 aromatic carbocycles. The summed E-state index contributed by atoms with van der Waals surface area (Å²) in [5.41, 5.74) is 2.09. The van der Waals surface area contributed by atoms with Crippen LogP contribution in [0.25, 0.3) is 11.8 Å². The molecule has 3 heterocycles. The van der Waals surface area contributed by atoms with E-state index >= 15 is 0 Å². The van der Waals surface area contributed by atoms with Crippen LogP contribution in [0, 0.1) is 11.2 Å². The maximum absolute atomic E-state index is 13.4. The van der Waals surface area contributed by atoms with Crippen LogP contribution in [0.3, 0.4) is 0 Å². The summed E-state index contributed by atoms with van der Waals surface area (Å²) >= 11 is 0. The maximum atomic E-state index is 13.4. The van der Waals surface area contributed by atoms with E-state index in [4.69, 9.17) is 0 Å². The van der Waals surface area contributed by atoms with Crippen molar-refractivity contribution >= 4 is 16.1 Å². The number of nitrogens with zero attached hydrogens (tertiary/aromatic N) is 4. The normalized spacial score (nSPS) is 20.8. The van der Waals surface area contributed by atoms with Crippen LogP contribution < -0.4 is 0 Å². The summed E-state index contributed by atoms with van der Waals surface area (Å²) in [6.07, 6.45) is 1.65. The molecular formula is C24H22F4N4O2S. The van der Waals surface area contributed by atoms with Crippen molar-refractivity contribution in [3.63, 3.8) is 0 Å². The second-order valence-corrected chi connectivity index (χ2v) is 10.8. The molecule has 0 saturated carbocycles. The average Bonchev–Trinajstić information content (AvgIpc) is 3.24. The highest BCUT2D eigenvalue weighted by Crippen LogP contribution is 2.47. The zero-order valence-corrected chi connectivity index (χ0v) is 19.6. The Morgan fingerprint density at radius 1 is 1.09 bits per heavy atom. The van der Waals surface area contributed by atoms with Crippen LogP contribution in [-0.2, 0) is 22.6 Å². The SMILES string of the molecule is CC[C@]12Cc3cnn(-c4ccc(F)cc4)c3C=C1CCN(S(=O)(=O)c1ccc(C(F)(F)F)nc1)C2. The molecule has 0 radical (unpaired) electrons. The number of rotatable bonds is 4. The lowest BCUT2D eigenvalue weighted by Crippen LogP contribution is -2.49. The van der Waals surface area contributed by atoms with Gasteiger partial charge < -0.3 is 0 Å². The van der Waals surface area contributed by atoms with Crippen LogP contribution >= 0.6 is 0 Å². The Kier molecular flexibility index (Phi) is 5.59. The van der Waals surface area contributed by atoms with Gasteiger partial charge in [0.25, 0.3) is 0 Å².